The van der Waals surface area contributed by atoms with E-state index in [1.54, 1.807) is 0 Å². The fourth-order valence-electron chi connectivity index (χ4n) is 8.12. The van der Waals surface area contributed by atoms with Crippen molar-refractivity contribution in [2.45, 2.75) is 0 Å². The molecule has 0 unspecified atom stereocenters. The number of hydrogen-bond acceptors (Lipinski definition) is 3. The first-order chi connectivity index (χ1) is 27.2. The van der Waals surface area contributed by atoms with Gasteiger partial charge in [0, 0.05) is 57.4 Å². The first-order valence-electron chi connectivity index (χ1n) is 18.7. The molecular formula is C52H33NS2. The van der Waals surface area contributed by atoms with Crippen molar-refractivity contribution in [1.29, 1.82) is 0 Å². The molecule has 0 spiro atoms. The van der Waals surface area contributed by atoms with Gasteiger partial charge in [-0.25, -0.2) is 0 Å². The second kappa shape index (κ2) is 13.1. The molecular weight excluding hydrogens is 703 g/mol. The van der Waals surface area contributed by atoms with E-state index >= 15 is 0 Å². The molecule has 0 amide bonds. The zero-order valence-corrected chi connectivity index (χ0v) is 31.4. The summed E-state index contributed by atoms with van der Waals surface area (Å²) < 4.78 is 5.32. The molecule has 0 aliphatic rings. The van der Waals surface area contributed by atoms with Crippen molar-refractivity contribution >= 4 is 90.9 Å². The monoisotopic (exact) mass is 735 g/mol. The predicted molar refractivity (Wildman–Crippen MR) is 241 cm³/mol. The summed E-state index contributed by atoms with van der Waals surface area (Å²) >= 11 is 3.75. The topological polar surface area (TPSA) is 3.24 Å². The Labute approximate surface area is 327 Å². The highest BCUT2D eigenvalue weighted by atomic mass is 32.1. The van der Waals surface area contributed by atoms with Crippen molar-refractivity contribution in [3.63, 3.8) is 0 Å². The first kappa shape index (κ1) is 32.0. The van der Waals surface area contributed by atoms with E-state index in [4.69, 9.17) is 0 Å². The predicted octanol–water partition coefficient (Wildman–Crippen LogP) is 16.0. The number of rotatable bonds is 6. The van der Waals surface area contributed by atoms with Gasteiger partial charge in [-0.3, -0.25) is 0 Å². The third-order valence-electron chi connectivity index (χ3n) is 10.8. The average Bonchev–Trinajstić information content (AvgIpc) is 3.82. The van der Waals surface area contributed by atoms with Crippen LogP contribution in [0.1, 0.15) is 0 Å². The Morgan fingerprint density at radius 1 is 0.291 bits per heavy atom. The summed E-state index contributed by atoms with van der Waals surface area (Å²) in [7, 11) is 0. The molecule has 0 radical (unpaired) electrons. The number of anilines is 3. The van der Waals surface area contributed by atoms with Crippen LogP contribution in [0, 0.1) is 0 Å². The highest BCUT2D eigenvalue weighted by molar-refractivity contribution is 7.26. The van der Waals surface area contributed by atoms with E-state index in [-0.39, 0.29) is 0 Å². The molecule has 2 heterocycles. The molecule has 11 aromatic rings. The van der Waals surface area contributed by atoms with Gasteiger partial charge in [0.15, 0.2) is 0 Å². The van der Waals surface area contributed by atoms with E-state index in [9.17, 15) is 0 Å². The van der Waals surface area contributed by atoms with Crippen LogP contribution in [0.15, 0.2) is 200 Å². The van der Waals surface area contributed by atoms with E-state index < -0.39 is 0 Å². The Kier molecular flexibility index (Phi) is 7.61. The minimum atomic E-state index is 1.11. The Hall–Kier alpha value is -6.52. The van der Waals surface area contributed by atoms with Crippen LogP contribution in [-0.2, 0) is 0 Å². The molecule has 0 aliphatic carbocycles. The highest BCUT2D eigenvalue weighted by Gasteiger charge is 2.17. The summed E-state index contributed by atoms with van der Waals surface area (Å²) in [4.78, 5) is 2.38. The summed E-state index contributed by atoms with van der Waals surface area (Å²) in [6, 6.07) is 73.4. The van der Waals surface area contributed by atoms with Gasteiger partial charge in [0.1, 0.15) is 0 Å². The molecule has 0 bridgehead atoms. The van der Waals surface area contributed by atoms with E-state index in [1.165, 1.54) is 84.5 Å². The number of nitrogens with zero attached hydrogens (tertiary/aromatic N) is 1. The van der Waals surface area contributed by atoms with Crippen molar-refractivity contribution < 1.29 is 0 Å². The van der Waals surface area contributed by atoms with Crippen molar-refractivity contribution in [3.05, 3.63) is 200 Å². The Balaban J connectivity index is 0.999. The molecule has 3 heteroatoms. The molecule has 1 nitrogen and oxygen atoms in total. The lowest BCUT2D eigenvalue weighted by Crippen LogP contribution is -2.10. The van der Waals surface area contributed by atoms with Crippen LogP contribution >= 0.6 is 22.7 Å². The maximum absolute atomic E-state index is 2.38. The van der Waals surface area contributed by atoms with Crippen molar-refractivity contribution in [2.24, 2.45) is 0 Å². The Morgan fingerprint density at radius 2 is 0.873 bits per heavy atom. The van der Waals surface area contributed by atoms with Gasteiger partial charge in [-0.1, -0.05) is 133 Å². The van der Waals surface area contributed by atoms with Crippen molar-refractivity contribution in [1.82, 2.24) is 0 Å². The fraction of sp³-hybridized carbons (Fsp3) is 0. The fourth-order valence-corrected chi connectivity index (χ4v) is 10.5. The summed E-state index contributed by atoms with van der Waals surface area (Å²) in [5, 5.41) is 7.85. The second-order valence-electron chi connectivity index (χ2n) is 14.1. The Morgan fingerprint density at radius 3 is 1.64 bits per heavy atom. The Bertz CT molecular complexity index is 3190. The average molecular weight is 736 g/mol. The zero-order chi connectivity index (χ0) is 36.3. The third kappa shape index (κ3) is 5.60. The van der Waals surface area contributed by atoms with Crippen LogP contribution in [0.5, 0.6) is 0 Å². The molecule has 0 fully saturated rings. The first-order valence-corrected chi connectivity index (χ1v) is 20.3. The molecule has 9 aromatic carbocycles. The van der Waals surface area contributed by atoms with Crippen LogP contribution in [0.25, 0.3) is 84.5 Å². The van der Waals surface area contributed by atoms with E-state index in [0.29, 0.717) is 0 Å². The van der Waals surface area contributed by atoms with E-state index in [0.717, 1.165) is 17.1 Å². The summed E-state index contributed by atoms with van der Waals surface area (Å²) in [5.74, 6) is 0. The van der Waals surface area contributed by atoms with Gasteiger partial charge in [0.25, 0.3) is 0 Å². The molecule has 55 heavy (non-hydrogen) atoms. The van der Waals surface area contributed by atoms with Gasteiger partial charge in [0.05, 0.1) is 0 Å². The van der Waals surface area contributed by atoms with Gasteiger partial charge in [-0.05, 0) is 111 Å². The van der Waals surface area contributed by atoms with Crippen LogP contribution in [-0.4, -0.2) is 0 Å². The standard InChI is InChI=1S/C52H33NS2/c1-2-10-34(11-3-1)35-22-26-41(27-23-35)53(43-13-8-12-39(31-43)44-16-9-17-47-45-14-4-7-19-50(45)55-52(44)47)42-28-24-36(25-29-42)37-20-21-38-32-48-46-15-5-6-18-49(46)54-51(48)33-40(38)30-37/h1-33H. The lowest BCUT2D eigenvalue weighted by molar-refractivity contribution is 1.28. The van der Waals surface area contributed by atoms with Gasteiger partial charge in [-0.15, -0.1) is 22.7 Å². The highest BCUT2D eigenvalue weighted by Crippen LogP contribution is 2.43. The van der Waals surface area contributed by atoms with Gasteiger partial charge in [0.2, 0.25) is 0 Å². The summed E-state index contributed by atoms with van der Waals surface area (Å²) in [5.41, 5.74) is 10.7. The minimum Gasteiger partial charge on any atom is -0.310 e. The minimum absolute atomic E-state index is 1.11. The van der Waals surface area contributed by atoms with Crippen molar-refractivity contribution in [3.8, 4) is 33.4 Å². The largest absolute Gasteiger partial charge is 0.310 e. The quantitative estimate of drug-likeness (QED) is 0.164. The lowest BCUT2D eigenvalue weighted by Gasteiger charge is -2.26. The smallest absolute Gasteiger partial charge is 0.0467 e. The maximum Gasteiger partial charge on any atom is 0.0467 e. The van der Waals surface area contributed by atoms with Crippen LogP contribution < -0.4 is 4.90 Å². The summed E-state index contributed by atoms with van der Waals surface area (Å²) in [6.07, 6.45) is 0. The molecule has 2 aromatic heterocycles. The molecule has 0 saturated carbocycles. The van der Waals surface area contributed by atoms with Gasteiger partial charge >= 0.3 is 0 Å². The van der Waals surface area contributed by atoms with Crippen molar-refractivity contribution in [2.75, 3.05) is 4.90 Å². The molecule has 0 aliphatic heterocycles. The van der Waals surface area contributed by atoms with Gasteiger partial charge < -0.3 is 4.90 Å². The van der Waals surface area contributed by atoms with Crippen LogP contribution in [0.3, 0.4) is 0 Å². The number of benzene rings is 9. The second-order valence-corrected chi connectivity index (χ2v) is 16.3. The lowest BCUT2D eigenvalue weighted by atomic mass is 9.99. The van der Waals surface area contributed by atoms with Crippen LogP contribution in [0.4, 0.5) is 17.1 Å². The van der Waals surface area contributed by atoms with E-state index in [1.807, 2.05) is 22.7 Å². The molecule has 0 N–H and O–H groups in total. The third-order valence-corrected chi connectivity index (χ3v) is 13.2. The number of hydrogen-bond donors (Lipinski definition) is 0. The molecule has 0 saturated heterocycles. The molecule has 0 atom stereocenters. The SMILES string of the molecule is c1ccc(-c2ccc(N(c3ccc(-c4ccc5cc6c(cc5c4)sc4ccccc46)cc3)c3cccc(-c4cccc5c4sc4ccccc45)c3)cc2)cc1. The van der Waals surface area contributed by atoms with Gasteiger partial charge in [-0.2, -0.15) is 0 Å². The zero-order valence-electron chi connectivity index (χ0n) is 29.8. The maximum atomic E-state index is 2.38. The van der Waals surface area contributed by atoms with E-state index in [2.05, 4.69) is 205 Å². The molecule has 258 valence electrons. The number of fused-ring (bicyclic) bond motifs is 7. The normalized spacial score (nSPS) is 11.6. The molecule has 11 rings (SSSR count). The van der Waals surface area contributed by atoms with Crippen LogP contribution in [0.2, 0.25) is 0 Å². The number of thiophene rings is 2. The summed E-state index contributed by atoms with van der Waals surface area (Å²) in [6.45, 7) is 0.